The summed E-state index contributed by atoms with van der Waals surface area (Å²) in [5.74, 6) is 0.977. The number of aliphatic hydroxyl groups excluding tert-OH is 1. The highest BCUT2D eigenvalue weighted by atomic mass is 16.6. The van der Waals surface area contributed by atoms with Crippen molar-refractivity contribution in [3.63, 3.8) is 0 Å². The van der Waals surface area contributed by atoms with Crippen LogP contribution >= 0.6 is 0 Å². The Morgan fingerprint density at radius 2 is 2.16 bits per heavy atom. The van der Waals surface area contributed by atoms with Crippen LogP contribution in [0.15, 0.2) is 12.1 Å². The minimum atomic E-state index is -0.468. The van der Waals surface area contributed by atoms with Crippen LogP contribution in [0.3, 0.4) is 0 Å². The van der Waals surface area contributed by atoms with Crippen LogP contribution in [0.4, 0.5) is 17.3 Å². The van der Waals surface area contributed by atoms with E-state index in [1.807, 2.05) is 4.90 Å². The van der Waals surface area contributed by atoms with E-state index < -0.39 is 4.92 Å². The Kier molecular flexibility index (Phi) is 3.84. The van der Waals surface area contributed by atoms with E-state index in [9.17, 15) is 15.2 Å². The number of nitro groups is 1. The molecule has 2 rings (SSSR count). The molecule has 1 aromatic heterocycles. The molecule has 1 aromatic rings. The van der Waals surface area contributed by atoms with Crippen molar-refractivity contribution in [1.82, 2.24) is 4.98 Å². The molecule has 3 N–H and O–H groups in total. The molecule has 1 fully saturated rings. The van der Waals surface area contributed by atoms with E-state index in [2.05, 4.69) is 4.98 Å². The molecular weight excluding hydrogens is 248 g/mol. The number of aromatic nitrogens is 1. The predicted octanol–water partition coefficient (Wildman–Crippen LogP) is 1.17. The highest BCUT2D eigenvalue weighted by molar-refractivity contribution is 5.54. The van der Waals surface area contributed by atoms with E-state index in [0.29, 0.717) is 5.82 Å². The lowest BCUT2D eigenvalue weighted by Crippen LogP contribution is -2.37. The Labute approximate surface area is 111 Å². The molecule has 0 radical (unpaired) electrons. The van der Waals surface area contributed by atoms with Gasteiger partial charge in [0.25, 0.3) is 5.69 Å². The van der Waals surface area contributed by atoms with Crippen LogP contribution in [0.25, 0.3) is 0 Å². The average Bonchev–Trinajstić information content (AvgIpc) is 2.38. The van der Waals surface area contributed by atoms with Gasteiger partial charge in [-0.15, -0.1) is 0 Å². The molecule has 7 nitrogen and oxygen atoms in total. The van der Waals surface area contributed by atoms with Crippen molar-refractivity contribution in [2.24, 2.45) is 5.92 Å². The molecule has 0 aromatic carbocycles. The van der Waals surface area contributed by atoms with Crippen LogP contribution in [0, 0.1) is 16.0 Å². The number of nitrogen functional groups attached to an aromatic ring is 1. The number of anilines is 2. The van der Waals surface area contributed by atoms with Crippen molar-refractivity contribution in [3.05, 3.63) is 22.2 Å². The number of pyridine rings is 1. The Balaban J connectivity index is 2.13. The average molecular weight is 266 g/mol. The van der Waals surface area contributed by atoms with Crippen LogP contribution in [0.1, 0.15) is 19.8 Å². The Hall–Kier alpha value is -1.89. The summed E-state index contributed by atoms with van der Waals surface area (Å²) < 4.78 is 0. The fourth-order valence-electron chi connectivity index (χ4n) is 2.40. The van der Waals surface area contributed by atoms with Crippen molar-refractivity contribution in [2.75, 3.05) is 23.7 Å². The zero-order valence-corrected chi connectivity index (χ0v) is 10.8. The van der Waals surface area contributed by atoms with Crippen molar-refractivity contribution >= 4 is 17.3 Å². The molecule has 1 atom stereocenters. The van der Waals surface area contributed by atoms with Crippen molar-refractivity contribution in [2.45, 2.75) is 25.9 Å². The number of rotatable bonds is 3. The van der Waals surface area contributed by atoms with Crippen LogP contribution in [-0.4, -0.2) is 34.2 Å². The third-order valence-corrected chi connectivity index (χ3v) is 3.57. The van der Waals surface area contributed by atoms with Gasteiger partial charge >= 0.3 is 0 Å². The first kappa shape index (κ1) is 13.5. The predicted molar refractivity (Wildman–Crippen MR) is 71.9 cm³/mol. The molecule has 1 aliphatic rings. The summed E-state index contributed by atoms with van der Waals surface area (Å²) in [4.78, 5) is 16.5. The molecule has 0 amide bonds. The van der Waals surface area contributed by atoms with E-state index >= 15 is 0 Å². The van der Waals surface area contributed by atoms with Gasteiger partial charge in [0, 0.05) is 13.1 Å². The second kappa shape index (κ2) is 5.40. The number of piperidine rings is 1. The van der Waals surface area contributed by atoms with Gasteiger partial charge in [0.05, 0.1) is 23.2 Å². The first-order valence-electron chi connectivity index (χ1n) is 6.32. The Bertz CT molecular complexity index is 470. The lowest BCUT2D eigenvalue weighted by molar-refractivity contribution is -0.384. The highest BCUT2D eigenvalue weighted by Gasteiger charge is 2.24. The topological polar surface area (TPSA) is 106 Å². The summed E-state index contributed by atoms with van der Waals surface area (Å²) >= 11 is 0. The van der Waals surface area contributed by atoms with Gasteiger partial charge in [-0.2, -0.15) is 0 Å². The summed E-state index contributed by atoms with van der Waals surface area (Å²) in [6, 6.07) is 2.70. The summed E-state index contributed by atoms with van der Waals surface area (Å²) in [5, 5.41) is 20.4. The monoisotopic (exact) mass is 266 g/mol. The summed E-state index contributed by atoms with van der Waals surface area (Å²) in [6.07, 6.45) is 1.38. The van der Waals surface area contributed by atoms with Gasteiger partial charge in [-0.1, -0.05) is 0 Å². The van der Waals surface area contributed by atoms with E-state index in [4.69, 9.17) is 5.73 Å². The van der Waals surface area contributed by atoms with Crippen molar-refractivity contribution in [3.8, 4) is 0 Å². The van der Waals surface area contributed by atoms with Gasteiger partial charge in [-0.25, -0.2) is 4.98 Å². The van der Waals surface area contributed by atoms with Gasteiger partial charge in [0.2, 0.25) is 0 Å². The zero-order chi connectivity index (χ0) is 14.0. The standard InChI is InChI=1S/C12H18N4O3/c1-8(17)9-2-4-15(5-3-9)12-7-10(16(18)19)6-11(13)14-12/h6-9,17H,2-5H2,1H3,(H2,13,14). The molecule has 0 saturated carbocycles. The maximum absolute atomic E-state index is 10.8. The molecule has 1 unspecified atom stereocenters. The summed E-state index contributed by atoms with van der Waals surface area (Å²) in [7, 11) is 0. The number of nitrogens with zero attached hydrogens (tertiary/aromatic N) is 3. The van der Waals surface area contributed by atoms with Gasteiger partial charge in [-0.3, -0.25) is 10.1 Å². The van der Waals surface area contributed by atoms with Gasteiger partial charge in [0.15, 0.2) is 0 Å². The second-order valence-electron chi connectivity index (χ2n) is 4.93. The largest absolute Gasteiger partial charge is 0.393 e. The number of hydrogen-bond acceptors (Lipinski definition) is 6. The highest BCUT2D eigenvalue weighted by Crippen LogP contribution is 2.27. The lowest BCUT2D eigenvalue weighted by atomic mass is 9.92. The molecule has 104 valence electrons. The minimum Gasteiger partial charge on any atom is -0.393 e. The van der Waals surface area contributed by atoms with E-state index in [0.717, 1.165) is 25.9 Å². The van der Waals surface area contributed by atoms with Gasteiger partial charge < -0.3 is 15.7 Å². The van der Waals surface area contributed by atoms with Gasteiger partial charge in [0.1, 0.15) is 11.6 Å². The maximum Gasteiger partial charge on any atom is 0.276 e. The van der Waals surface area contributed by atoms with Crippen molar-refractivity contribution < 1.29 is 10.0 Å². The number of hydrogen-bond donors (Lipinski definition) is 2. The minimum absolute atomic E-state index is 0.0415. The maximum atomic E-state index is 10.8. The molecule has 0 aliphatic carbocycles. The van der Waals surface area contributed by atoms with Crippen LogP contribution in [-0.2, 0) is 0 Å². The third-order valence-electron chi connectivity index (χ3n) is 3.57. The molecular formula is C12H18N4O3. The number of nitrogens with two attached hydrogens (primary N) is 1. The molecule has 0 bridgehead atoms. The molecule has 19 heavy (non-hydrogen) atoms. The first-order valence-corrected chi connectivity index (χ1v) is 6.32. The van der Waals surface area contributed by atoms with E-state index in [-0.39, 0.29) is 23.5 Å². The third kappa shape index (κ3) is 3.11. The Morgan fingerprint density at radius 1 is 1.53 bits per heavy atom. The lowest BCUT2D eigenvalue weighted by Gasteiger charge is -2.33. The second-order valence-corrected chi connectivity index (χ2v) is 4.93. The fraction of sp³-hybridized carbons (Fsp3) is 0.583. The van der Waals surface area contributed by atoms with E-state index in [1.54, 1.807) is 6.92 Å². The van der Waals surface area contributed by atoms with Crippen LogP contribution in [0.5, 0.6) is 0 Å². The molecule has 1 aliphatic heterocycles. The Morgan fingerprint density at radius 3 is 2.68 bits per heavy atom. The molecule has 0 spiro atoms. The quantitative estimate of drug-likeness (QED) is 0.628. The molecule has 2 heterocycles. The summed E-state index contributed by atoms with van der Waals surface area (Å²) in [6.45, 7) is 3.25. The molecule has 1 saturated heterocycles. The van der Waals surface area contributed by atoms with Crippen LogP contribution in [0.2, 0.25) is 0 Å². The first-order chi connectivity index (χ1) is 8.97. The van der Waals surface area contributed by atoms with Crippen molar-refractivity contribution in [1.29, 1.82) is 0 Å². The number of aliphatic hydroxyl groups is 1. The molecule has 7 heteroatoms. The fourth-order valence-corrected chi connectivity index (χ4v) is 2.40. The zero-order valence-electron chi connectivity index (χ0n) is 10.8. The van der Waals surface area contributed by atoms with Gasteiger partial charge in [-0.05, 0) is 25.7 Å². The van der Waals surface area contributed by atoms with Crippen LogP contribution < -0.4 is 10.6 Å². The summed E-state index contributed by atoms with van der Waals surface area (Å²) in [5.41, 5.74) is 5.56. The normalized spacial score (nSPS) is 18.3. The van der Waals surface area contributed by atoms with E-state index in [1.165, 1.54) is 12.1 Å². The SMILES string of the molecule is CC(O)C1CCN(c2cc([N+](=O)[O-])cc(N)n2)CC1. The smallest absolute Gasteiger partial charge is 0.276 e.